The van der Waals surface area contributed by atoms with Gasteiger partial charge >= 0.3 is 6.09 Å². The molecule has 0 radical (unpaired) electrons. The molecular formula is C27H22N2O2. The Morgan fingerprint density at radius 1 is 0.742 bits per heavy atom. The standard InChI is InChI=1S/C27H22N2O2/c28-24-16-8-6-14-22(24)26-21-13-5-4-10-19(21)18-29(25-17-9-7-15-23(25)26)27(30)31-20-11-2-1-3-12-20/h1-17,26H,18,28H2. The number of anilines is 2. The van der Waals surface area contributed by atoms with Crippen LogP contribution in [0, 0.1) is 0 Å². The van der Waals surface area contributed by atoms with E-state index in [1.54, 1.807) is 17.0 Å². The van der Waals surface area contributed by atoms with E-state index in [4.69, 9.17) is 10.5 Å². The molecule has 4 aromatic carbocycles. The molecule has 1 amide bonds. The largest absolute Gasteiger partial charge is 0.420 e. The van der Waals surface area contributed by atoms with E-state index in [1.165, 1.54) is 0 Å². The van der Waals surface area contributed by atoms with Gasteiger partial charge in [0.25, 0.3) is 0 Å². The molecular weight excluding hydrogens is 384 g/mol. The van der Waals surface area contributed by atoms with Crippen LogP contribution in [0.3, 0.4) is 0 Å². The lowest BCUT2D eigenvalue weighted by molar-refractivity contribution is 0.207. The summed E-state index contributed by atoms with van der Waals surface area (Å²) in [5.74, 6) is 0.439. The summed E-state index contributed by atoms with van der Waals surface area (Å²) in [7, 11) is 0. The third kappa shape index (κ3) is 3.53. The lowest BCUT2D eigenvalue weighted by Crippen LogP contribution is -2.33. The summed E-state index contributed by atoms with van der Waals surface area (Å²) in [5, 5.41) is 0. The quantitative estimate of drug-likeness (QED) is 0.417. The van der Waals surface area contributed by atoms with Gasteiger partial charge in [-0.1, -0.05) is 78.9 Å². The molecule has 1 atom stereocenters. The maximum absolute atomic E-state index is 13.3. The molecule has 1 aliphatic heterocycles. The molecule has 31 heavy (non-hydrogen) atoms. The minimum absolute atomic E-state index is 0.0804. The van der Waals surface area contributed by atoms with Crippen molar-refractivity contribution in [3.63, 3.8) is 0 Å². The third-order valence-corrected chi connectivity index (χ3v) is 5.71. The van der Waals surface area contributed by atoms with Gasteiger partial charge in [-0.05, 0) is 46.5 Å². The van der Waals surface area contributed by atoms with Crippen LogP contribution in [0.5, 0.6) is 5.75 Å². The van der Waals surface area contributed by atoms with Crippen LogP contribution in [0.4, 0.5) is 16.2 Å². The number of benzene rings is 4. The Bertz CT molecular complexity index is 1240. The predicted molar refractivity (Wildman–Crippen MR) is 123 cm³/mol. The lowest BCUT2D eigenvalue weighted by Gasteiger charge is -2.24. The van der Waals surface area contributed by atoms with Crippen LogP contribution in [0.2, 0.25) is 0 Å². The second-order valence-corrected chi connectivity index (χ2v) is 7.59. The third-order valence-electron chi connectivity index (χ3n) is 5.71. The van der Waals surface area contributed by atoms with E-state index in [9.17, 15) is 4.79 Å². The molecule has 0 aromatic heterocycles. The Balaban J connectivity index is 1.67. The van der Waals surface area contributed by atoms with Gasteiger partial charge in [0, 0.05) is 11.6 Å². The fraction of sp³-hybridized carbons (Fsp3) is 0.0741. The van der Waals surface area contributed by atoms with Crippen molar-refractivity contribution in [1.82, 2.24) is 0 Å². The number of nitrogen functional groups attached to an aromatic ring is 1. The molecule has 0 saturated carbocycles. The summed E-state index contributed by atoms with van der Waals surface area (Å²) in [5.41, 5.74) is 12.2. The first-order chi connectivity index (χ1) is 15.2. The van der Waals surface area contributed by atoms with Gasteiger partial charge in [-0.25, -0.2) is 4.79 Å². The fourth-order valence-corrected chi connectivity index (χ4v) is 4.28. The zero-order valence-electron chi connectivity index (χ0n) is 16.9. The first-order valence-electron chi connectivity index (χ1n) is 10.3. The second-order valence-electron chi connectivity index (χ2n) is 7.59. The molecule has 0 bridgehead atoms. The summed E-state index contributed by atoms with van der Waals surface area (Å²) in [6.45, 7) is 0.419. The molecule has 2 N–H and O–H groups in total. The number of fused-ring (bicyclic) bond motifs is 2. The van der Waals surface area contributed by atoms with E-state index in [1.807, 2.05) is 66.7 Å². The number of carbonyl (C=O) groups excluding carboxylic acids is 1. The maximum Gasteiger partial charge on any atom is 0.420 e. The highest BCUT2D eigenvalue weighted by molar-refractivity contribution is 5.91. The van der Waals surface area contributed by atoms with Crippen molar-refractivity contribution in [2.45, 2.75) is 12.5 Å². The van der Waals surface area contributed by atoms with Crippen LogP contribution in [-0.4, -0.2) is 6.09 Å². The summed E-state index contributed by atoms with van der Waals surface area (Å²) in [4.78, 5) is 15.0. The number of amides is 1. The van der Waals surface area contributed by atoms with E-state index < -0.39 is 6.09 Å². The molecule has 152 valence electrons. The van der Waals surface area contributed by atoms with Crippen LogP contribution in [-0.2, 0) is 6.54 Å². The van der Waals surface area contributed by atoms with Crippen LogP contribution in [0.15, 0.2) is 103 Å². The Morgan fingerprint density at radius 3 is 2.13 bits per heavy atom. The van der Waals surface area contributed by atoms with E-state index in [0.29, 0.717) is 12.3 Å². The topological polar surface area (TPSA) is 55.6 Å². The van der Waals surface area contributed by atoms with Crippen LogP contribution in [0.25, 0.3) is 0 Å². The molecule has 5 rings (SSSR count). The molecule has 4 nitrogen and oxygen atoms in total. The monoisotopic (exact) mass is 406 g/mol. The molecule has 1 aliphatic rings. The minimum Gasteiger partial charge on any atom is -0.410 e. The van der Waals surface area contributed by atoms with Crippen molar-refractivity contribution >= 4 is 17.5 Å². The molecule has 4 aromatic rings. The molecule has 0 fully saturated rings. The first kappa shape index (κ1) is 18.9. The van der Waals surface area contributed by atoms with Crippen LogP contribution < -0.4 is 15.4 Å². The number of rotatable bonds is 2. The highest BCUT2D eigenvalue weighted by Gasteiger charge is 2.32. The van der Waals surface area contributed by atoms with E-state index in [0.717, 1.165) is 33.6 Å². The average Bonchev–Trinajstić information content (AvgIpc) is 2.95. The van der Waals surface area contributed by atoms with Gasteiger partial charge in [-0.15, -0.1) is 0 Å². The Hall–Kier alpha value is -4.05. The van der Waals surface area contributed by atoms with Gasteiger partial charge in [0.2, 0.25) is 0 Å². The number of carbonyl (C=O) groups is 1. The van der Waals surface area contributed by atoms with Crippen molar-refractivity contribution in [3.05, 3.63) is 125 Å². The van der Waals surface area contributed by atoms with Gasteiger partial charge in [0.05, 0.1) is 12.2 Å². The van der Waals surface area contributed by atoms with Crippen molar-refractivity contribution in [1.29, 1.82) is 0 Å². The summed E-state index contributed by atoms with van der Waals surface area (Å²) < 4.78 is 5.71. The SMILES string of the molecule is Nc1ccccc1C1c2ccccc2CN(C(=O)Oc2ccccc2)c2ccccc21. The minimum atomic E-state index is -0.407. The molecule has 0 spiro atoms. The first-order valence-corrected chi connectivity index (χ1v) is 10.3. The zero-order chi connectivity index (χ0) is 21.2. The van der Waals surface area contributed by atoms with E-state index in [-0.39, 0.29) is 5.92 Å². The normalized spacial score (nSPS) is 14.8. The number of nitrogens with zero attached hydrogens (tertiary/aromatic N) is 1. The molecule has 1 heterocycles. The zero-order valence-corrected chi connectivity index (χ0v) is 16.9. The van der Waals surface area contributed by atoms with Crippen LogP contribution >= 0.6 is 0 Å². The van der Waals surface area contributed by atoms with Gasteiger partial charge in [0.1, 0.15) is 5.75 Å². The summed E-state index contributed by atoms with van der Waals surface area (Å²) in [6.07, 6.45) is -0.407. The van der Waals surface area contributed by atoms with E-state index in [2.05, 4.69) is 24.3 Å². The molecule has 0 aliphatic carbocycles. The number of hydrogen-bond acceptors (Lipinski definition) is 3. The van der Waals surface area contributed by atoms with Crippen molar-refractivity contribution in [2.75, 3.05) is 10.6 Å². The number of nitrogens with two attached hydrogens (primary N) is 1. The highest BCUT2D eigenvalue weighted by atomic mass is 16.6. The van der Waals surface area contributed by atoms with Crippen molar-refractivity contribution in [3.8, 4) is 5.75 Å². The highest BCUT2D eigenvalue weighted by Crippen LogP contribution is 2.44. The smallest absolute Gasteiger partial charge is 0.410 e. The van der Waals surface area contributed by atoms with Gasteiger partial charge in [-0.3, -0.25) is 4.90 Å². The number of para-hydroxylation sites is 3. The van der Waals surface area contributed by atoms with Gasteiger partial charge < -0.3 is 10.5 Å². The predicted octanol–water partition coefficient (Wildman–Crippen LogP) is 5.97. The molecule has 4 heteroatoms. The number of ether oxygens (including phenoxy) is 1. The van der Waals surface area contributed by atoms with E-state index >= 15 is 0 Å². The molecule has 1 unspecified atom stereocenters. The Kier molecular flexibility index (Phi) is 4.89. The van der Waals surface area contributed by atoms with Gasteiger partial charge in [-0.2, -0.15) is 0 Å². The van der Waals surface area contributed by atoms with Crippen LogP contribution in [0.1, 0.15) is 28.2 Å². The Labute approximate surface area is 181 Å². The van der Waals surface area contributed by atoms with Gasteiger partial charge in [0.15, 0.2) is 0 Å². The maximum atomic E-state index is 13.3. The fourth-order valence-electron chi connectivity index (χ4n) is 4.28. The summed E-state index contributed by atoms with van der Waals surface area (Å²) >= 11 is 0. The van der Waals surface area contributed by atoms with Crippen molar-refractivity contribution in [2.24, 2.45) is 0 Å². The Morgan fingerprint density at radius 2 is 1.35 bits per heavy atom. The lowest BCUT2D eigenvalue weighted by atomic mass is 9.82. The summed E-state index contributed by atoms with van der Waals surface area (Å²) in [6, 6.07) is 33.3. The second kappa shape index (κ2) is 8.00. The number of hydrogen-bond donors (Lipinski definition) is 1. The molecule has 0 saturated heterocycles. The average molecular weight is 406 g/mol. The van der Waals surface area contributed by atoms with Crippen molar-refractivity contribution < 1.29 is 9.53 Å².